The molecule has 84 valence electrons. The van der Waals surface area contributed by atoms with Crippen molar-refractivity contribution in [2.75, 3.05) is 13.6 Å². The zero-order valence-electron chi connectivity index (χ0n) is 10.5. The smallest absolute Gasteiger partial charge is 0.225 e. The summed E-state index contributed by atoms with van der Waals surface area (Å²) >= 11 is 0. The van der Waals surface area contributed by atoms with Crippen LogP contribution in [0.3, 0.4) is 0 Å². The van der Waals surface area contributed by atoms with Gasteiger partial charge in [0.15, 0.2) is 0 Å². The fourth-order valence-corrected chi connectivity index (χ4v) is 1.32. The van der Waals surface area contributed by atoms with Gasteiger partial charge in [-0.1, -0.05) is 41.0 Å². The molecular weight excluding hydrogens is 174 g/mol. The van der Waals surface area contributed by atoms with E-state index in [1.54, 1.807) is 0 Å². The van der Waals surface area contributed by atoms with E-state index in [0.29, 0.717) is 11.8 Å². The van der Waals surface area contributed by atoms with Crippen molar-refractivity contribution < 1.29 is 4.79 Å². The monoisotopic (exact) mass is 199 g/mol. The Morgan fingerprint density at radius 3 is 2.07 bits per heavy atom. The first-order valence-electron chi connectivity index (χ1n) is 5.65. The minimum atomic E-state index is 0.143. The Morgan fingerprint density at radius 1 is 1.21 bits per heavy atom. The lowest BCUT2D eigenvalue weighted by Gasteiger charge is -2.25. The molecule has 0 radical (unpaired) electrons. The highest BCUT2D eigenvalue weighted by Gasteiger charge is 2.20. The highest BCUT2D eigenvalue weighted by molar-refractivity contribution is 5.78. The van der Waals surface area contributed by atoms with Gasteiger partial charge >= 0.3 is 0 Å². The van der Waals surface area contributed by atoms with Crippen LogP contribution in [0, 0.1) is 17.8 Å². The number of carbonyl (C=O) groups is 1. The van der Waals surface area contributed by atoms with E-state index in [4.69, 9.17) is 0 Å². The lowest BCUT2D eigenvalue weighted by molar-refractivity contribution is -0.135. The fourth-order valence-electron chi connectivity index (χ4n) is 1.32. The molecule has 0 rings (SSSR count). The molecule has 0 aromatic heterocycles. The molecule has 0 aliphatic carbocycles. The van der Waals surface area contributed by atoms with Gasteiger partial charge in [-0.2, -0.15) is 0 Å². The summed E-state index contributed by atoms with van der Waals surface area (Å²) in [6, 6.07) is 0. The molecule has 0 saturated carbocycles. The van der Waals surface area contributed by atoms with E-state index < -0.39 is 0 Å². The van der Waals surface area contributed by atoms with E-state index in [1.807, 2.05) is 18.9 Å². The predicted octanol–water partition coefficient (Wildman–Crippen LogP) is 2.78. The highest BCUT2D eigenvalue weighted by Crippen LogP contribution is 2.13. The van der Waals surface area contributed by atoms with Crippen molar-refractivity contribution in [2.24, 2.45) is 17.8 Å². The van der Waals surface area contributed by atoms with Gasteiger partial charge in [0.2, 0.25) is 5.91 Å². The molecule has 0 heterocycles. The molecule has 0 unspecified atom stereocenters. The third-order valence-electron chi connectivity index (χ3n) is 3.05. The molecule has 0 bridgehead atoms. The zero-order valence-corrected chi connectivity index (χ0v) is 10.5. The van der Waals surface area contributed by atoms with Gasteiger partial charge in [0, 0.05) is 19.5 Å². The number of amides is 1. The lowest BCUT2D eigenvalue weighted by Crippen LogP contribution is -2.36. The van der Waals surface area contributed by atoms with Crippen LogP contribution < -0.4 is 0 Å². The quantitative estimate of drug-likeness (QED) is 0.666. The van der Waals surface area contributed by atoms with E-state index in [2.05, 4.69) is 27.7 Å². The van der Waals surface area contributed by atoms with Crippen molar-refractivity contribution in [2.45, 2.75) is 41.0 Å². The van der Waals surface area contributed by atoms with Gasteiger partial charge in [-0.25, -0.2) is 0 Å². The van der Waals surface area contributed by atoms with E-state index in [-0.39, 0.29) is 11.8 Å². The summed E-state index contributed by atoms with van der Waals surface area (Å²) < 4.78 is 0. The summed E-state index contributed by atoms with van der Waals surface area (Å²) in [7, 11) is 1.91. The van der Waals surface area contributed by atoms with Gasteiger partial charge in [0.1, 0.15) is 0 Å². The van der Waals surface area contributed by atoms with Crippen molar-refractivity contribution in [1.82, 2.24) is 4.90 Å². The van der Waals surface area contributed by atoms with Crippen LogP contribution in [-0.4, -0.2) is 24.4 Å². The van der Waals surface area contributed by atoms with Crippen molar-refractivity contribution in [3.05, 3.63) is 0 Å². The Morgan fingerprint density at radius 2 is 1.71 bits per heavy atom. The Hall–Kier alpha value is -0.530. The molecule has 2 heteroatoms. The molecule has 2 nitrogen and oxygen atoms in total. The molecule has 2 atom stereocenters. The predicted molar refractivity (Wildman–Crippen MR) is 61.1 cm³/mol. The van der Waals surface area contributed by atoms with Crippen LogP contribution in [0.2, 0.25) is 0 Å². The normalized spacial score (nSPS) is 15.4. The van der Waals surface area contributed by atoms with Crippen LogP contribution in [0.25, 0.3) is 0 Å². The first-order chi connectivity index (χ1) is 6.40. The zero-order chi connectivity index (χ0) is 11.3. The molecule has 0 N–H and O–H groups in total. The molecule has 0 aliphatic heterocycles. The van der Waals surface area contributed by atoms with E-state index in [9.17, 15) is 4.79 Å². The average Bonchev–Trinajstić information content (AvgIpc) is 2.14. The Bertz CT molecular complexity index is 177. The summed E-state index contributed by atoms with van der Waals surface area (Å²) in [4.78, 5) is 13.7. The Labute approximate surface area is 88.7 Å². The van der Waals surface area contributed by atoms with Gasteiger partial charge in [-0.05, 0) is 11.8 Å². The van der Waals surface area contributed by atoms with Crippen LogP contribution in [0.4, 0.5) is 0 Å². The number of carbonyl (C=O) groups excluding carboxylic acids is 1. The fraction of sp³-hybridized carbons (Fsp3) is 0.917. The third kappa shape index (κ3) is 4.12. The van der Waals surface area contributed by atoms with E-state index >= 15 is 0 Å². The molecule has 0 saturated heterocycles. The van der Waals surface area contributed by atoms with Crippen LogP contribution >= 0.6 is 0 Å². The van der Waals surface area contributed by atoms with E-state index in [0.717, 1.165) is 13.0 Å². The molecule has 14 heavy (non-hydrogen) atoms. The van der Waals surface area contributed by atoms with Crippen LogP contribution in [0.15, 0.2) is 0 Å². The van der Waals surface area contributed by atoms with Crippen molar-refractivity contribution in [3.63, 3.8) is 0 Å². The second kappa shape index (κ2) is 6.05. The maximum Gasteiger partial charge on any atom is 0.225 e. The molecule has 0 fully saturated rings. The largest absolute Gasteiger partial charge is 0.345 e. The number of hydrogen-bond donors (Lipinski definition) is 0. The standard InChI is InChI=1S/C12H25NO/c1-7-10(4)8-13(6)12(14)11(5)9(2)3/h9-11H,7-8H2,1-6H3/t10-,11-/m0/s1. The van der Waals surface area contributed by atoms with Gasteiger partial charge in [-0.15, -0.1) is 0 Å². The minimum absolute atomic E-state index is 0.143. The summed E-state index contributed by atoms with van der Waals surface area (Å²) in [5.41, 5.74) is 0. The van der Waals surface area contributed by atoms with Crippen LogP contribution in [0.1, 0.15) is 41.0 Å². The molecule has 0 aliphatic rings. The summed E-state index contributed by atoms with van der Waals surface area (Å²) in [5.74, 6) is 1.45. The number of hydrogen-bond acceptors (Lipinski definition) is 1. The number of rotatable bonds is 5. The lowest BCUT2D eigenvalue weighted by atomic mass is 9.96. The third-order valence-corrected chi connectivity index (χ3v) is 3.05. The first-order valence-corrected chi connectivity index (χ1v) is 5.65. The molecule has 0 aromatic rings. The Kier molecular flexibility index (Phi) is 5.82. The van der Waals surface area contributed by atoms with Crippen LogP contribution in [-0.2, 0) is 4.79 Å². The van der Waals surface area contributed by atoms with Gasteiger partial charge in [-0.3, -0.25) is 4.79 Å². The SMILES string of the molecule is CC[C@H](C)CN(C)C(=O)[C@@H](C)C(C)C. The maximum absolute atomic E-state index is 11.9. The van der Waals surface area contributed by atoms with Crippen molar-refractivity contribution in [1.29, 1.82) is 0 Å². The van der Waals surface area contributed by atoms with Crippen molar-refractivity contribution in [3.8, 4) is 0 Å². The minimum Gasteiger partial charge on any atom is -0.345 e. The Balaban J connectivity index is 4.11. The molecular formula is C12H25NO. The van der Waals surface area contributed by atoms with Gasteiger partial charge in [0.25, 0.3) is 0 Å². The second-order valence-electron chi connectivity index (χ2n) is 4.76. The molecule has 0 aromatic carbocycles. The first kappa shape index (κ1) is 13.5. The summed E-state index contributed by atoms with van der Waals surface area (Å²) in [6.45, 7) is 11.4. The maximum atomic E-state index is 11.9. The van der Waals surface area contributed by atoms with Crippen LogP contribution in [0.5, 0.6) is 0 Å². The summed E-state index contributed by atoms with van der Waals surface area (Å²) in [6.07, 6.45) is 1.13. The molecule has 1 amide bonds. The second-order valence-corrected chi connectivity index (χ2v) is 4.76. The number of nitrogens with zero attached hydrogens (tertiary/aromatic N) is 1. The summed E-state index contributed by atoms with van der Waals surface area (Å²) in [5, 5.41) is 0. The van der Waals surface area contributed by atoms with E-state index in [1.165, 1.54) is 0 Å². The van der Waals surface area contributed by atoms with Crippen molar-refractivity contribution >= 4 is 5.91 Å². The molecule has 0 spiro atoms. The highest BCUT2D eigenvalue weighted by atomic mass is 16.2. The van der Waals surface area contributed by atoms with Gasteiger partial charge in [0.05, 0.1) is 0 Å². The van der Waals surface area contributed by atoms with Gasteiger partial charge < -0.3 is 4.90 Å². The average molecular weight is 199 g/mol. The topological polar surface area (TPSA) is 20.3 Å².